The molecule has 0 amide bonds. The van der Waals surface area contributed by atoms with Gasteiger partial charge in [-0.05, 0) is 30.9 Å². The molecule has 0 unspecified atom stereocenters. The minimum atomic E-state index is 0.201. The normalized spacial score (nSPS) is 17.7. The molecule has 6 heteroatoms. The second kappa shape index (κ2) is 6.91. The second-order valence-electron chi connectivity index (χ2n) is 6.72. The molecule has 6 nitrogen and oxygen atoms in total. The van der Waals surface area contributed by atoms with Gasteiger partial charge in [0.25, 0.3) is 0 Å². The first-order valence-corrected chi connectivity index (χ1v) is 8.77. The monoisotopic (exact) mass is 328 g/mol. The van der Waals surface area contributed by atoms with Crippen LogP contribution >= 0.6 is 0 Å². The molecule has 0 atom stereocenters. The first-order valence-electron chi connectivity index (χ1n) is 8.77. The molecule has 2 aromatic rings. The van der Waals surface area contributed by atoms with Crippen LogP contribution in [0.1, 0.15) is 29.8 Å². The molecule has 1 aliphatic heterocycles. The van der Waals surface area contributed by atoms with E-state index in [-0.39, 0.29) is 6.61 Å². The minimum absolute atomic E-state index is 0.201. The second-order valence-corrected chi connectivity index (χ2v) is 6.72. The van der Waals surface area contributed by atoms with Crippen LogP contribution in [0.5, 0.6) is 5.75 Å². The highest BCUT2D eigenvalue weighted by atomic mass is 16.5. The topological polar surface area (TPSA) is 63.4 Å². The number of pyridine rings is 1. The molecule has 128 valence electrons. The van der Waals surface area contributed by atoms with Crippen molar-refractivity contribution in [3.63, 3.8) is 0 Å². The number of aromatic nitrogens is 3. The standard InChI is InChI=1S/C18H24N4O2/c23-9-8-21-7-5-18-16(12-21)17(20-22(18)11-14-3-4-14)13-24-15-2-1-6-19-10-15/h1-2,6,10,14,23H,3-5,7-9,11-13H2. The van der Waals surface area contributed by atoms with E-state index >= 15 is 0 Å². The van der Waals surface area contributed by atoms with Crippen molar-refractivity contribution in [1.29, 1.82) is 0 Å². The highest BCUT2D eigenvalue weighted by Crippen LogP contribution is 2.32. The van der Waals surface area contributed by atoms with Crippen LogP contribution in [0.15, 0.2) is 24.5 Å². The van der Waals surface area contributed by atoms with Gasteiger partial charge in [-0.15, -0.1) is 0 Å². The van der Waals surface area contributed by atoms with E-state index in [9.17, 15) is 5.11 Å². The van der Waals surface area contributed by atoms with E-state index in [4.69, 9.17) is 9.84 Å². The molecule has 3 heterocycles. The zero-order valence-electron chi connectivity index (χ0n) is 13.9. The van der Waals surface area contributed by atoms with E-state index in [0.717, 1.165) is 50.0 Å². The number of fused-ring (bicyclic) bond motifs is 1. The molecule has 0 radical (unpaired) electrons. The van der Waals surface area contributed by atoms with Crippen LogP contribution in [0.4, 0.5) is 0 Å². The molecule has 0 bridgehead atoms. The molecule has 1 N–H and O–H groups in total. The summed E-state index contributed by atoms with van der Waals surface area (Å²) in [6, 6.07) is 3.79. The summed E-state index contributed by atoms with van der Waals surface area (Å²) >= 11 is 0. The van der Waals surface area contributed by atoms with Crippen LogP contribution in [0.2, 0.25) is 0 Å². The van der Waals surface area contributed by atoms with Gasteiger partial charge in [0.1, 0.15) is 18.1 Å². The molecule has 2 aromatic heterocycles. The van der Waals surface area contributed by atoms with Crippen molar-refractivity contribution in [2.45, 2.75) is 39.0 Å². The van der Waals surface area contributed by atoms with Crippen molar-refractivity contribution in [2.24, 2.45) is 5.92 Å². The first-order chi connectivity index (χ1) is 11.8. The number of aliphatic hydroxyl groups excluding tert-OH is 1. The Kier molecular flexibility index (Phi) is 4.49. The molecule has 0 aromatic carbocycles. The summed E-state index contributed by atoms with van der Waals surface area (Å²) in [4.78, 5) is 6.38. The lowest BCUT2D eigenvalue weighted by molar-refractivity contribution is 0.182. The Morgan fingerprint density at radius 3 is 3.00 bits per heavy atom. The summed E-state index contributed by atoms with van der Waals surface area (Å²) in [6.45, 7) is 4.27. The fourth-order valence-corrected chi connectivity index (χ4v) is 3.35. The van der Waals surface area contributed by atoms with Gasteiger partial charge < -0.3 is 9.84 Å². The van der Waals surface area contributed by atoms with Gasteiger partial charge in [0.2, 0.25) is 0 Å². The van der Waals surface area contributed by atoms with Crippen molar-refractivity contribution >= 4 is 0 Å². The zero-order chi connectivity index (χ0) is 16.4. The minimum Gasteiger partial charge on any atom is -0.486 e. The Morgan fingerprint density at radius 2 is 2.25 bits per heavy atom. The Labute approximate surface area is 142 Å². The molecule has 0 spiro atoms. The van der Waals surface area contributed by atoms with Crippen LogP contribution in [-0.4, -0.2) is 44.5 Å². The number of rotatable bonds is 7. The molecule has 0 saturated heterocycles. The molecule has 24 heavy (non-hydrogen) atoms. The lowest BCUT2D eigenvalue weighted by Crippen LogP contribution is -2.33. The summed E-state index contributed by atoms with van der Waals surface area (Å²) < 4.78 is 8.09. The van der Waals surface area contributed by atoms with Crippen LogP contribution in [-0.2, 0) is 26.1 Å². The largest absolute Gasteiger partial charge is 0.486 e. The third kappa shape index (κ3) is 3.44. The van der Waals surface area contributed by atoms with E-state index in [1.54, 1.807) is 12.4 Å². The van der Waals surface area contributed by atoms with Gasteiger partial charge in [0.05, 0.1) is 12.8 Å². The van der Waals surface area contributed by atoms with Crippen LogP contribution < -0.4 is 4.74 Å². The van der Waals surface area contributed by atoms with Crippen molar-refractivity contribution < 1.29 is 9.84 Å². The van der Waals surface area contributed by atoms with Crippen molar-refractivity contribution in [3.8, 4) is 5.75 Å². The number of ether oxygens (including phenoxy) is 1. The Hall–Kier alpha value is -1.92. The van der Waals surface area contributed by atoms with Crippen LogP contribution in [0.3, 0.4) is 0 Å². The van der Waals surface area contributed by atoms with E-state index < -0.39 is 0 Å². The van der Waals surface area contributed by atoms with E-state index in [1.807, 2.05) is 12.1 Å². The molecule has 1 saturated carbocycles. The van der Waals surface area contributed by atoms with E-state index in [2.05, 4.69) is 14.6 Å². The van der Waals surface area contributed by atoms with Crippen LogP contribution in [0.25, 0.3) is 0 Å². The maximum Gasteiger partial charge on any atom is 0.138 e. The van der Waals surface area contributed by atoms with Gasteiger partial charge in [-0.2, -0.15) is 5.10 Å². The SMILES string of the molecule is OCCN1CCc2c(c(COc3cccnc3)nn2CC2CC2)C1. The lowest BCUT2D eigenvalue weighted by Gasteiger charge is -2.27. The van der Waals surface area contributed by atoms with Gasteiger partial charge in [-0.25, -0.2) is 0 Å². The lowest BCUT2D eigenvalue weighted by atomic mass is 10.1. The van der Waals surface area contributed by atoms with Crippen molar-refractivity contribution in [3.05, 3.63) is 41.5 Å². The number of hydrogen-bond donors (Lipinski definition) is 1. The van der Waals surface area contributed by atoms with Gasteiger partial charge in [-0.1, -0.05) is 0 Å². The number of aliphatic hydroxyl groups is 1. The van der Waals surface area contributed by atoms with E-state index in [0.29, 0.717) is 6.61 Å². The molecule has 1 aliphatic carbocycles. The van der Waals surface area contributed by atoms with Crippen molar-refractivity contribution in [2.75, 3.05) is 19.7 Å². The van der Waals surface area contributed by atoms with E-state index in [1.165, 1.54) is 24.1 Å². The third-order valence-electron chi connectivity index (χ3n) is 4.85. The number of nitrogens with zero attached hydrogens (tertiary/aromatic N) is 4. The van der Waals surface area contributed by atoms with Gasteiger partial charge in [0.15, 0.2) is 0 Å². The fraction of sp³-hybridized carbons (Fsp3) is 0.556. The maximum absolute atomic E-state index is 9.23. The predicted octanol–water partition coefficient (Wildman–Crippen LogP) is 1.62. The fourth-order valence-electron chi connectivity index (χ4n) is 3.35. The molecule has 2 aliphatic rings. The highest BCUT2D eigenvalue weighted by Gasteiger charge is 2.28. The quantitative estimate of drug-likeness (QED) is 0.837. The first kappa shape index (κ1) is 15.6. The average molecular weight is 328 g/mol. The molecular formula is C18H24N4O2. The highest BCUT2D eigenvalue weighted by molar-refractivity contribution is 5.29. The molecular weight excluding hydrogens is 304 g/mol. The van der Waals surface area contributed by atoms with Gasteiger partial charge in [-0.3, -0.25) is 14.6 Å². The molecule has 4 rings (SSSR count). The summed E-state index contributed by atoms with van der Waals surface area (Å²) in [7, 11) is 0. The maximum atomic E-state index is 9.23. The summed E-state index contributed by atoms with van der Waals surface area (Å²) in [5, 5.41) is 14.1. The molecule has 1 fully saturated rings. The Bertz CT molecular complexity index is 682. The van der Waals surface area contributed by atoms with Gasteiger partial charge >= 0.3 is 0 Å². The number of β-amino-alcohol motifs (C(OH)–C–C–N with tert-alkyl or cyclic N) is 1. The number of hydrogen-bond acceptors (Lipinski definition) is 5. The Balaban J connectivity index is 1.54. The zero-order valence-corrected chi connectivity index (χ0v) is 13.9. The van der Waals surface area contributed by atoms with Crippen molar-refractivity contribution in [1.82, 2.24) is 19.7 Å². The third-order valence-corrected chi connectivity index (χ3v) is 4.85. The van der Waals surface area contributed by atoms with Gasteiger partial charge in [0, 0.05) is 50.1 Å². The summed E-state index contributed by atoms with van der Waals surface area (Å²) in [5.41, 5.74) is 3.68. The summed E-state index contributed by atoms with van der Waals surface area (Å²) in [6.07, 6.45) is 7.12. The smallest absolute Gasteiger partial charge is 0.138 e. The summed E-state index contributed by atoms with van der Waals surface area (Å²) in [5.74, 6) is 1.57. The Morgan fingerprint density at radius 1 is 1.33 bits per heavy atom. The average Bonchev–Trinajstić information content (AvgIpc) is 3.36. The predicted molar refractivity (Wildman–Crippen MR) is 89.6 cm³/mol. The van der Waals surface area contributed by atoms with Crippen LogP contribution in [0, 0.1) is 5.92 Å².